The first-order valence-corrected chi connectivity index (χ1v) is 9.78. The van der Waals surface area contributed by atoms with Crippen molar-refractivity contribution in [3.05, 3.63) is 66.9 Å². The molecule has 0 spiro atoms. The van der Waals surface area contributed by atoms with E-state index < -0.39 is 15.9 Å². The van der Waals surface area contributed by atoms with E-state index in [2.05, 4.69) is 11.7 Å². The average Bonchev–Trinajstić information content (AvgIpc) is 3.12. The molecule has 27 heavy (non-hydrogen) atoms. The molecule has 1 N–H and O–H groups in total. The highest BCUT2D eigenvalue weighted by molar-refractivity contribution is 7.90. The first kappa shape index (κ1) is 18.6. The molecule has 1 amide bonds. The van der Waals surface area contributed by atoms with Gasteiger partial charge in [0.1, 0.15) is 5.69 Å². The third kappa shape index (κ3) is 3.83. The van der Waals surface area contributed by atoms with Crippen LogP contribution in [0.5, 0.6) is 0 Å². The summed E-state index contributed by atoms with van der Waals surface area (Å²) in [5.41, 5.74) is 2.96. The fraction of sp³-hybridized carbons (Fsp3) is 0.100. The van der Waals surface area contributed by atoms with E-state index in [4.69, 9.17) is 4.52 Å². The van der Waals surface area contributed by atoms with Gasteiger partial charge in [-0.05, 0) is 23.8 Å². The summed E-state index contributed by atoms with van der Waals surface area (Å²) >= 11 is 0. The number of rotatable bonds is 6. The van der Waals surface area contributed by atoms with Crippen molar-refractivity contribution in [3.63, 3.8) is 0 Å². The number of sulfonamides is 1. The molecule has 3 rings (SSSR count). The van der Waals surface area contributed by atoms with Gasteiger partial charge >= 0.3 is 0 Å². The fourth-order valence-electron chi connectivity index (χ4n) is 2.60. The maximum Gasteiger partial charge on any atom is 0.264 e. The Morgan fingerprint density at radius 3 is 2.37 bits per heavy atom. The Morgan fingerprint density at radius 2 is 1.78 bits per heavy atom. The minimum absolute atomic E-state index is 0.00548. The molecular formula is C20H18N2O4S. The molecule has 7 heteroatoms. The first-order valence-electron chi connectivity index (χ1n) is 8.30. The Hall–Kier alpha value is -3.19. The van der Waals surface area contributed by atoms with Crippen molar-refractivity contribution in [2.45, 2.75) is 18.2 Å². The minimum atomic E-state index is -3.89. The van der Waals surface area contributed by atoms with Crippen molar-refractivity contribution in [1.29, 1.82) is 0 Å². The molecular weight excluding hydrogens is 364 g/mol. The van der Waals surface area contributed by atoms with Crippen LogP contribution in [0, 0.1) is 0 Å². The largest absolute Gasteiger partial charge is 0.356 e. The third-order valence-corrected chi connectivity index (χ3v) is 5.36. The highest BCUT2D eigenvalue weighted by Crippen LogP contribution is 2.35. The highest BCUT2D eigenvalue weighted by atomic mass is 32.2. The number of amides is 1. The average molecular weight is 382 g/mol. The normalized spacial score (nSPS) is 11.1. The van der Waals surface area contributed by atoms with Gasteiger partial charge in [0.25, 0.3) is 10.0 Å². The van der Waals surface area contributed by atoms with Crippen molar-refractivity contribution in [3.8, 4) is 22.4 Å². The summed E-state index contributed by atoms with van der Waals surface area (Å²) in [5.74, 6) is -0.0674. The van der Waals surface area contributed by atoms with E-state index in [1.54, 1.807) is 25.1 Å². The second-order valence-electron chi connectivity index (χ2n) is 5.75. The van der Waals surface area contributed by atoms with Crippen LogP contribution in [0.1, 0.15) is 19.1 Å². The van der Waals surface area contributed by atoms with E-state index in [1.165, 1.54) is 12.1 Å². The van der Waals surface area contributed by atoms with Crippen molar-refractivity contribution in [2.75, 3.05) is 0 Å². The number of carbonyl (C=O) groups is 1. The summed E-state index contributed by atoms with van der Waals surface area (Å²) in [7, 11) is -3.89. The summed E-state index contributed by atoms with van der Waals surface area (Å²) in [6.45, 7) is 5.33. The fourth-order valence-corrected chi connectivity index (χ4v) is 3.65. The molecule has 0 atom stereocenters. The van der Waals surface area contributed by atoms with Crippen LogP contribution in [0.3, 0.4) is 0 Å². The third-order valence-electron chi connectivity index (χ3n) is 3.97. The Labute approximate surface area is 157 Å². The van der Waals surface area contributed by atoms with E-state index in [9.17, 15) is 13.2 Å². The Bertz CT molecular complexity index is 1070. The van der Waals surface area contributed by atoms with Crippen LogP contribution in [0.2, 0.25) is 0 Å². The lowest BCUT2D eigenvalue weighted by molar-refractivity contribution is -0.119. The van der Waals surface area contributed by atoms with Crippen molar-refractivity contribution >= 4 is 22.0 Å². The molecule has 0 radical (unpaired) electrons. The predicted molar refractivity (Wildman–Crippen MR) is 103 cm³/mol. The lowest BCUT2D eigenvalue weighted by Crippen LogP contribution is -2.29. The molecule has 6 nitrogen and oxygen atoms in total. The topological polar surface area (TPSA) is 89.3 Å². The smallest absolute Gasteiger partial charge is 0.264 e. The Morgan fingerprint density at radius 1 is 1.11 bits per heavy atom. The quantitative estimate of drug-likeness (QED) is 0.699. The van der Waals surface area contributed by atoms with Gasteiger partial charge in [-0.15, -0.1) is 0 Å². The van der Waals surface area contributed by atoms with E-state index in [0.717, 1.165) is 16.7 Å². The van der Waals surface area contributed by atoms with Crippen LogP contribution in [-0.2, 0) is 14.8 Å². The Kier molecular flexibility index (Phi) is 5.23. The number of carbonyl (C=O) groups excluding carboxylic acids is 1. The van der Waals surface area contributed by atoms with Crippen LogP contribution < -0.4 is 4.72 Å². The lowest BCUT2D eigenvalue weighted by Gasteiger charge is -2.07. The number of benzene rings is 2. The molecule has 2 aromatic carbocycles. The molecule has 1 aromatic heterocycles. The van der Waals surface area contributed by atoms with Gasteiger partial charge in [-0.2, -0.15) is 0 Å². The zero-order valence-corrected chi connectivity index (χ0v) is 15.5. The molecule has 0 saturated heterocycles. The number of nitrogens with one attached hydrogen (secondary N) is 1. The van der Waals surface area contributed by atoms with Crippen molar-refractivity contribution < 1.29 is 17.7 Å². The molecule has 0 bridgehead atoms. The molecule has 0 unspecified atom stereocenters. The van der Waals surface area contributed by atoms with E-state index >= 15 is 0 Å². The van der Waals surface area contributed by atoms with E-state index in [0.29, 0.717) is 11.5 Å². The van der Waals surface area contributed by atoms with Gasteiger partial charge in [0.05, 0.1) is 10.5 Å². The second kappa shape index (κ2) is 7.59. The second-order valence-corrected chi connectivity index (χ2v) is 7.43. The number of hydrogen-bond donors (Lipinski definition) is 1. The van der Waals surface area contributed by atoms with Crippen LogP contribution in [0.25, 0.3) is 28.5 Å². The van der Waals surface area contributed by atoms with Gasteiger partial charge in [0.15, 0.2) is 5.76 Å². The summed E-state index contributed by atoms with van der Waals surface area (Å²) in [6.07, 6.45) is 1.64. The van der Waals surface area contributed by atoms with E-state index in [-0.39, 0.29) is 11.3 Å². The number of nitrogens with zero attached hydrogens (tertiary/aromatic N) is 1. The maximum atomic E-state index is 12.2. The highest BCUT2D eigenvalue weighted by Gasteiger charge is 2.20. The van der Waals surface area contributed by atoms with Crippen LogP contribution in [-0.4, -0.2) is 19.5 Å². The van der Waals surface area contributed by atoms with Crippen LogP contribution in [0.4, 0.5) is 0 Å². The molecule has 3 aromatic rings. The first-order chi connectivity index (χ1) is 13.0. The molecule has 0 aliphatic rings. The maximum absolute atomic E-state index is 12.2. The molecule has 0 aliphatic heterocycles. The summed E-state index contributed by atoms with van der Waals surface area (Å²) in [5, 5.41) is 4.13. The number of hydrogen-bond acceptors (Lipinski definition) is 5. The van der Waals surface area contributed by atoms with Gasteiger partial charge in [-0.25, -0.2) is 13.1 Å². The van der Waals surface area contributed by atoms with Crippen molar-refractivity contribution in [2.24, 2.45) is 0 Å². The van der Waals surface area contributed by atoms with Crippen molar-refractivity contribution in [1.82, 2.24) is 9.88 Å². The van der Waals surface area contributed by atoms with Gasteiger partial charge in [0, 0.05) is 12.0 Å². The van der Waals surface area contributed by atoms with Gasteiger partial charge in [-0.1, -0.05) is 61.1 Å². The predicted octanol–water partition coefficient (Wildman–Crippen LogP) is 3.87. The minimum Gasteiger partial charge on any atom is -0.356 e. The molecule has 1 heterocycles. The standard InChI is InChI=1S/C20H18N2O4S/c1-3-17-19(20(21-26-17)15-8-6-5-7-9-15)14-10-12-16(13-11-14)27(24,25)22-18(23)4-2/h3,5-13H,1,4H2,2H3,(H,22,23). The van der Waals surface area contributed by atoms with Gasteiger partial charge in [0.2, 0.25) is 5.91 Å². The summed E-state index contributed by atoms with van der Waals surface area (Å²) < 4.78 is 31.9. The summed E-state index contributed by atoms with van der Waals surface area (Å²) in [6, 6.07) is 15.7. The summed E-state index contributed by atoms with van der Waals surface area (Å²) in [4.78, 5) is 11.4. The Balaban J connectivity index is 2.02. The van der Waals surface area contributed by atoms with Gasteiger partial charge in [-0.3, -0.25) is 4.79 Å². The van der Waals surface area contributed by atoms with Crippen LogP contribution >= 0.6 is 0 Å². The molecule has 138 valence electrons. The van der Waals surface area contributed by atoms with Crippen LogP contribution in [0.15, 0.2) is 70.6 Å². The van der Waals surface area contributed by atoms with Gasteiger partial charge < -0.3 is 4.52 Å². The SMILES string of the molecule is C=Cc1onc(-c2ccccc2)c1-c1ccc(S(=O)(=O)NC(=O)CC)cc1. The zero-order valence-electron chi connectivity index (χ0n) is 14.7. The molecule has 0 aliphatic carbocycles. The lowest BCUT2D eigenvalue weighted by atomic mass is 9.99. The number of aromatic nitrogens is 1. The monoisotopic (exact) mass is 382 g/mol. The van der Waals surface area contributed by atoms with E-state index in [1.807, 2.05) is 35.1 Å². The molecule has 0 fully saturated rings. The zero-order chi connectivity index (χ0) is 19.4. The molecule has 0 saturated carbocycles.